The SMILES string of the molecule is CCCCC[C@H](CN(C)C)C(=O)/C=C\c1ccc(Br)cc1. The van der Waals surface area contributed by atoms with Crippen LogP contribution in [-0.2, 0) is 4.79 Å². The van der Waals surface area contributed by atoms with E-state index in [0.29, 0.717) is 0 Å². The Morgan fingerprint density at radius 2 is 1.90 bits per heavy atom. The number of unbranched alkanes of at least 4 members (excludes halogenated alkanes) is 2. The van der Waals surface area contributed by atoms with Crippen LogP contribution < -0.4 is 0 Å². The Bertz CT molecular complexity index is 451. The number of carbonyl (C=O) groups excluding carboxylic acids is 1. The zero-order chi connectivity index (χ0) is 15.7. The lowest BCUT2D eigenvalue weighted by Crippen LogP contribution is -2.27. The molecule has 0 fully saturated rings. The van der Waals surface area contributed by atoms with Gasteiger partial charge in [0.2, 0.25) is 0 Å². The highest BCUT2D eigenvalue weighted by molar-refractivity contribution is 9.10. The van der Waals surface area contributed by atoms with E-state index in [9.17, 15) is 4.79 Å². The highest BCUT2D eigenvalue weighted by Gasteiger charge is 2.16. The van der Waals surface area contributed by atoms with Crippen LogP contribution in [0.25, 0.3) is 6.08 Å². The smallest absolute Gasteiger partial charge is 0.160 e. The molecule has 0 N–H and O–H groups in total. The van der Waals surface area contributed by atoms with Crippen LogP contribution in [0.4, 0.5) is 0 Å². The Kier molecular flexibility index (Phi) is 8.55. The zero-order valence-corrected chi connectivity index (χ0v) is 14.9. The van der Waals surface area contributed by atoms with Crippen LogP contribution in [0.3, 0.4) is 0 Å². The van der Waals surface area contributed by atoms with Crippen molar-refractivity contribution in [1.29, 1.82) is 0 Å². The number of ketones is 1. The summed E-state index contributed by atoms with van der Waals surface area (Å²) >= 11 is 3.41. The van der Waals surface area contributed by atoms with Gasteiger partial charge in [-0.25, -0.2) is 0 Å². The van der Waals surface area contributed by atoms with Crippen molar-refractivity contribution in [3.05, 3.63) is 40.4 Å². The second-order valence-corrected chi connectivity index (χ2v) is 6.66. The summed E-state index contributed by atoms with van der Waals surface area (Å²) in [7, 11) is 4.05. The van der Waals surface area contributed by atoms with Crippen LogP contribution >= 0.6 is 15.9 Å². The molecule has 0 aliphatic heterocycles. The van der Waals surface area contributed by atoms with E-state index in [4.69, 9.17) is 0 Å². The molecule has 116 valence electrons. The van der Waals surface area contributed by atoms with Gasteiger partial charge in [0.15, 0.2) is 5.78 Å². The number of hydrogen-bond donors (Lipinski definition) is 0. The lowest BCUT2D eigenvalue weighted by molar-refractivity contribution is -0.118. The molecule has 1 atom stereocenters. The Hall–Kier alpha value is -0.930. The van der Waals surface area contributed by atoms with Crippen LogP contribution in [0.2, 0.25) is 0 Å². The number of carbonyl (C=O) groups is 1. The molecule has 2 nitrogen and oxygen atoms in total. The van der Waals surface area contributed by atoms with Crippen LogP contribution in [0, 0.1) is 5.92 Å². The minimum atomic E-state index is 0.109. The minimum Gasteiger partial charge on any atom is -0.309 e. The maximum absolute atomic E-state index is 12.4. The van der Waals surface area contributed by atoms with E-state index in [1.165, 1.54) is 12.8 Å². The number of benzene rings is 1. The van der Waals surface area contributed by atoms with Gasteiger partial charge in [-0.15, -0.1) is 0 Å². The predicted octanol–water partition coefficient (Wildman–Crippen LogP) is 4.79. The molecule has 0 aromatic heterocycles. The highest BCUT2D eigenvalue weighted by atomic mass is 79.9. The highest BCUT2D eigenvalue weighted by Crippen LogP contribution is 2.15. The Labute approximate surface area is 137 Å². The third-order valence-corrected chi connectivity index (χ3v) is 3.98. The molecule has 0 amide bonds. The first kappa shape index (κ1) is 18.1. The van der Waals surface area contributed by atoms with E-state index in [1.54, 1.807) is 6.08 Å². The van der Waals surface area contributed by atoms with Gasteiger partial charge in [0.25, 0.3) is 0 Å². The molecule has 0 saturated heterocycles. The fourth-order valence-electron chi connectivity index (χ4n) is 2.29. The first-order valence-corrected chi connectivity index (χ1v) is 8.44. The molecule has 0 bridgehead atoms. The molecule has 1 aromatic carbocycles. The van der Waals surface area contributed by atoms with Gasteiger partial charge in [-0.2, -0.15) is 0 Å². The van der Waals surface area contributed by atoms with E-state index < -0.39 is 0 Å². The summed E-state index contributed by atoms with van der Waals surface area (Å²) in [6.45, 7) is 3.02. The Morgan fingerprint density at radius 1 is 1.24 bits per heavy atom. The molecule has 1 aromatic rings. The monoisotopic (exact) mass is 351 g/mol. The molecule has 0 radical (unpaired) electrons. The third kappa shape index (κ3) is 7.58. The summed E-state index contributed by atoms with van der Waals surface area (Å²) in [5.41, 5.74) is 1.06. The van der Waals surface area contributed by atoms with E-state index in [1.807, 2.05) is 44.4 Å². The topological polar surface area (TPSA) is 20.3 Å². The fourth-order valence-corrected chi connectivity index (χ4v) is 2.56. The second kappa shape index (κ2) is 9.91. The van der Waals surface area contributed by atoms with Crippen LogP contribution in [0.15, 0.2) is 34.8 Å². The normalized spacial score (nSPS) is 13.0. The van der Waals surface area contributed by atoms with Gasteiger partial charge in [0, 0.05) is 16.9 Å². The molecule has 21 heavy (non-hydrogen) atoms. The number of halogens is 1. The Balaban J connectivity index is 2.63. The van der Waals surface area contributed by atoms with Gasteiger partial charge >= 0.3 is 0 Å². The molecule has 0 aliphatic carbocycles. The standard InChI is InChI=1S/C18H26BrNO/c1-4-5-6-7-16(14-20(2)3)18(21)13-10-15-8-11-17(19)12-9-15/h8-13,16H,4-7,14H2,1-3H3/b13-10-/t16-/m1/s1. The molecular formula is C18H26BrNO. The van der Waals surface area contributed by atoms with Crippen molar-refractivity contribution >= 4 is 27.8 Å². The molecule has 1 rings (SSSR count). The van der Waals surface area contributed by atoms with Gasteiger partial charge in [-0.3, -0.25) is 4.79 Å². The number of rotatable bonds is 9. The van der Waals surface area contributed by atoms with E-state index >= 15 is 0 Å². The molecular weight excluding hydrogens is 326 g/mol. The quantitative estimate of drug-likeness (QED) is 0.470. The summed E-state index contributed by atoms with van der Waals surface area (Å²) in [4.78, 5) is 14.5. The van der Waals surface area contributed by atoms with Crippen LogP contribution in [0.5, 0.6) is 0 Å². The van der Waals surface area contributed by atoms with Gasteiger partial charge in [0.1, 0.15) is 0 Å². The maximum Gasteiger partial charge on any atom is 0.160 e. The number of nitrogens with zero attached hydrogens (tertiary/aromatic N) is 1. The average molecular weight is 352 g/mol. The molecule has 0 aliphatic rings. The molecule has 3 heteroatoms. The van der Waals surface area contributed by atoms with Crippen molar-refractivity contribution in [3.63, 3.8) is 0 Å². The zero-order valence-electron chi connectivity index (χ0n) is 13.3. The van der Waals surface area contributed by atoms with Crippen molar-refractivity contribution in [3.8, 4) is 0 Å². The van der Waals surface area contributed by atoms with Crippen molar-refractivity contribution < 1.29 is 4.79 Å². The number of allylic oxidation sites excluding steroid dienone is 1. The summed E-state index contributed by atoms with van der Waals surface area (Å²) in [6, 6.07) is 7.99. The van der Waals surface area contributed by atoms with Crippen LogP contribution in [0.1, 0.15) is 38.2 Å². The maximum atomic E-state index is 12.4. The fraction of sp³-hybridized carbons (Fsp3) is 0.500. The van der Waals surface area contributed by atoms with Crippen molar-refractivity contribution in [2.75, 3.05) is 20.6 Å². The van der Waals surface area contributed by atoms with Crippen molar-refractivity contribution in [2.45, 2.75) is 32.6 Å². The van der Waals surface area contributed by atoms with Crippen molar-refractivity contribution in [1.82, 2.24) is 4.90 Å². The summed E-state index contributed by atoms with van der Waals surface area (Å²) in [5, 5.41) is 0. The Morgan fingerprint density at radius 3 is 2.48 bits per heavy atom. The molecule has 0 saturated carbocycles. The number of hydrogen-bond acceptors (Lipinski definition) is 2. The predicted molar refractivity (Wildman–Crippen MR) is 94.4 cm³/mol. The summed E-state index contributed by atoms with van der Waals surface area (Å²) in [6.07, 6.45) is 8.16. The van der Waals surface area contributed by atoms with Crippen LogP contribution in [-0.4, -0.2) is 31.3 Å². The van der Waals surface area contributed by atoms with E-state index in [-0.39, 0.29) is 11.7 Å². The van der Waals surface area contributed by atoms with Gasteiger partial charge < -0.3 is 4.90 Å². The summed E-state index contributed by atoms with van der Waals surface area (Å²) in [5.74, 6) is 0.348. The average Bonchev–Trinajstić information content (AvgIpc) is 2.45. The first-order chi connectivity index (χ1) is 10.0. The lowest BCUT2D eigenvalue weighted by atomic mass is 9.95. The third-order valence-electron chi connectivity index (χ3n) is 3.45. The van der Waals surface area contributed by atoms with Gasteiger partial charge in [0.05, 0.1) is 0 Å². The van der Waals surface area contributed by atoms with E-state index in [2.05, 4.69) is 27.8 Å². The van der Waals surface area contributed by atoms with Crippen molar-refractivity contribution in [2.24, 2.45) is 5.92 Å². The van der Waals surface area contributed by atoms with E-state index in [0.717, 1.165) is 29.4 Å². The first-order valence-electron chi connectivity index (χ1n) is 7.65. The summed E-state index contributed by atoms with van der Waals surface area (Å²) < 4.78 is 1.05. The van der Waals surface area contributed by atoms with Gasteiger partial charge in [-0.1, -0.05) is 60.3 Å². The molecule has 0 heterocycles. The largest absolute Gasteiger partial charge is 0.309 e. The lowest BCUT2D eigenvalue weighted by Gasteiger charge is -2.18. The molecule has 0 unspecified atom stereocenters. The second-order valence-electron chi connectivity index (χ2n) is 5.74. The molecule has 0 spiro atoms. The van der Waals surface area contributed by atoms with Gasteiger partial charge in [-0.05, 0) is 44.3 Å². The minimum absolute atomic E-state index is 0.109.